The van der Waals surface area contributed by atoms with Crippen LogP contribution in [-0.4, -0.2) is 24.2 Å². The van der Waals surface area contributed by atoms with Gasteiger partial charge in [0.1, 0.15) is 11.6 Å². The number of nitrogens with one attached hydrogen (secondary N) is 1. The number of rotatable bonds is 6. The highest BCUT2D eigenvalue weighted by molar-refractivity contribution is 7.12. The molecule has 1 heterocycles. The Morgan fingerprint density at radius 2 is 2.14 bits per heavy atom. The normalized spacial score (nSPS) is 12.1. The van der Waals surface area contributed by atoms with Gasteiger partial charge in [0.05, 0.1) is 4.88 Å². The zero-order chi connectivity index (χ0) is 15.2. The Hall–Kier alpha value is -1.79. The average molecular weight is 311 g/mol. The molecule has 0 bridgehead atoms. The average Bonchev–Trinajstić information content (AvgIpc) is 3.01. The van der Waals surface area contributed by atoms with Crippen LogP contribution < -0.4 is 5.32 Å². The zero-order valence-electron chi connectivity index (χ0n) is 11.2. The van der Waals surface area contributed by atoms with Gasteiger partial charge >= 0.3 is 0 Å². The molecule has 0 fully saturated rings. The minimum Gasteiger partial charge on any atom is -0.396 e. The van der Waals surface area contributed by atoms with Crippen LogP contribution >= 0.6 is 11.3 Å². The monoisotopic (exact) mass is 311 g/mol. The third-order valence-electron chi connectivity index (χ3n) is 3.07. The smallest absolute Gasteiger partial charge is 0.261 e. The number of benzene rings is 1. The largest absolute Gasteiger partial charge is 0.396 e. The highest BCUT2D eigenvalue weighted by Crippen LogP contribution is 2.15. The lowest BCUT2D eigenvalue weighted by atomic mass is 9.99. The van der Waals surface area contributed by atoms with E-state index in [1.54, 1.807) is 17.5 Å². The molecule has 0 aliphatic heterocycles. The third kappa shape index (κ3) is 4.34. The number of thiophene rings is 1. The van der Waals surface area contributed by atoms with E-state index in [0.717, 1.165) is 18.2 Å². The van der Waals surface area contributed by atoms with E-state index in [4.69, 9.17) is 0 Å². The van der Waals surface area contributed by atoms with Crippen molar-refractivity contribution >= 4 is 17.2 Å². The number of aliphatic hydroxyl groups is 1. The molecule has 2 aromatic rings. The molecule has 3 nitrogen and oxygen atoms in total. The van der Waals surface area contributed by atoms with Crippen molar-refractivity contribution in [2.75, 3.05) is 13.2 Å². The van der Waals surface area contributed by atoms with Gasteiger partial charge in [-0.3, -0.25) is 4.79 Å². The highest BCUT2D eigenvalue weighted by Gasteiger charge is 2.14. The summed E-state index contributed by atoms with van der Waals surface area (Å²) >= 11 is 1.31. The summed E-state index contributed by atoms with van der Waals surface area (Å²) in [6.07, 6.45) is 0.158. The second kappa shape index (κ2) is 7.28. The Morgan fingerprint density at radius 3 is 2.81 bits per heavy atom. The van der Waals surface area contributed by atoms with Gasteiger partial charge < -0.3 is 10.4 Å². The molecule has 21 heavy (non-hydrogen) atoms. The van der Waals surface area contributed by atoms with Crippen molar-refractivity contribution < 1.29 is 18.7 Å². The summed E-state index contributed by atoms with van der Waals surface area (Å²) in [5.74, 6) is -1.64. The van der Waals surface area contributed by atoms with E-state index in [0.29, 0.717) is 4.88 Å². The summed E-state index contributed by atoms with van der Waals surface area (Å²) in [5, 5.41) is 13.8. The fourth-order valence-electron chi connectivity index (χ4n) is 1.94. The van der Waals surface area contributed by atoms with Gasteiger partial charge in [-0.2, -0.15) is 0 Å². The Kier molecular flexibility index (Phi) is 5.41. The van der Waals surface area contributed by atoms with E-state index < -0.39 is 11.6 Å². The van der Waals surface area contributed by atoms with Crippen LogP contribution in [0, 0.1) is 17.6 Å². The first-order valence-electron chi connectivity index (χ1n) is 6.46. The van der Waals surface area contributed by atoms with Gasteiger partial charge in [0, 0.05) is 19.1 Å². The standard InChI is InChI=1S/C15H15F2NO2S/c16-12-3-4-13(17)11(7-12)6-10(9-19)8-18-15(20)14-2-1-5-21-14/h1-5,7,10,19H,6,8-9H2,(H,18,20)/t10-/m0/s1. The molecule has 0 saturated carbocycles. The van der Waals surface area contributed by atoms with Gasteiger partial charge in [-0.05, 0) is 41.6 Å². The van der Waals surface area contributed by atoms with Crippen LogP contribution in [0.5, 0.6) is 0 Å². The minimum absolute atomic E-state index is 0.158. The Bertz CT molecular complexity index is 602. The molecule has 1 aromatic heterocycles. The van der Waals surface area contributed by atoms with Gasteiger partial charge in [-0.15, -0.1) is 11.3 Å². The Morgan fingerprint density at radius 1 is 1.33 bits per heavy atom. The number of hydrogen-bond acceptors (Lipinski definition) is 3. The predicted molar refractivity (Wildman–Crippen MR) is 77.3 cm³/mol. The maximum Gasteiger partial charge on any atom is 0.261 e. The predicted octanol–water partition coefficient (Wildman–Crippen LogP) is 2.61. The van der Waals surface area contributed by atoms with E-state index in [9.17, 15) is 18.7 Å². The molecule has 6 heteroatoms. The molecular formula is C15H15F2NO2S. The quantitative estimate of drug-likeness (QED) is 0.861. The summed E-state index contributed by atoms with van der Waals surface area (Å²) in [5.41, 5.74) is 0.194. The fraction of sp³-hybridized carbons (Fsp3) is 0.267. The molecule has 0 spiro atoms. The minimum atomic E-state index is -0.522. The number of halogens is 2. The Balaban J connectivity index is 1.94. The number of amides is 1. The van der Waals surface area contributed by atoms with Crippen molar-refractivity contribution in [1.82, 2.24) is 5.32 Å². The van der Waals surface area contributed by atoms with Crippen LogP contribution in [0.3, 0.4) is 0 Å². The van der Waals surface area contributed by atoms with Crippen LogP contribution in [-0.2, 0) is 6.42 Å². The molecule has 0 aliphatic rings. The molecule has 0 unspecified atom stereocenters. The van der Waals surface area contributed by atoms with Crippen molar-refractivity contribution in [1.29, 1.82) is 0 Å². The number of carbonyl (C=O) groups is 1. The third-order valence-corrected chi connectivity index (χ3v) is 3.94. The molecule has 1 atom stereocenters. The number of aliphatic hydroxyl groups excluding tert-OH is 1. The first-order chi connectivity index (χ1) is 10.1. The van der Waals surface area contributed by atoms with Crippen LogP contribution in [0.25, 0.3) is 0 Å². The molecule has 1 amide bonds. The zero-order valence-corrected chi connectivity index (χ0v) is 12.0. The summed E-state index contributed by atoms with van der Waals surface area (Å²) in [7, 11) is 0. The van der Waals surface area contributed by atoms with Gasteiger partial charge in [0.2, 0.25) is 0 Å². The first-order valence-corrected chi connectivity index (χ1v) is 7.34. The summed E-state index contributed by atoms with van der Waals surface area (Å²) in [4.78, 5) is 12.4. The Labute approximate surface area is 125 Å². The molecule has 2 N–H and O–H groups in total. The van der Waals surface area contributed by atoms with Crippen molar-refractivity contribution in [2.24, 2.45) is 5.92 Å². The molecule has 2 rings (SSSR count). The second-order valence-electron chi connectivity index (χ2n) is 4.68. The summed E-state index contributed by atoms with van der Waals surface area (Å²) < 4.78 is 26.7. The van der Waals surface area contributed by atoms with E-state index in [1.807, 2.05) is 0 Å². The molecular weight excluding hydrogens is 296 g/mol. The molecule has 0 radical (unpaired) electrons. The maximum atomic E-state index is 13.6. The number of carbonyl (C=O) groups excluding carboxylic acids is 1. The lowest BCUT2D eigenvalue weighted by Crippen LogP contribution is -2.31. The SMILES string of the molecule is O=C(NC[C@@H](CO)Cc1cc(F)ccc1F)c1cccs1. The topological polar surface area (TPSA) is 49.3 Å². The molecule has 0 aliphatic carbocycles. The van der Waals surface area contributed by atoms with Crippen LogP contribution in [0.4, 0.5) is 8.78 Å². The molecule has 0 saturated heterocycles. The van der Waals surface area contributed by atoms with E-state index in [2.05, 4.69) is 5.32 Å². The van der Waals surface area contributed by atoms with E-state index in [1.165, 1.54) is 11.3 Å². The fourth-order valence-corrected chi connectivity index (χ4v) is 2.58. The van der Waals surface area contributed by atoms with E-state index in [-0.39, 0.29) is 37.0 Å². The maximum absolute atomic E-state index is 13.6. The summed E-state index contributed by atoms with van der Waals surface area (Å²) in [6, 6.07) is 6.68. The molecule has 1 aromatic carbocycles. The van der Waals surface area contributed by atoms with Gasteiger partial charge in [-0.1, -0.05) is 6.07 Å². The van der Waals surface area contributed by atoms with Crippen LogP contribution in [0.15, 0.2) is 35.7 Å². The molecule has 112 valence electrons. The van der Waals surface area contributed by atoms with Crippen LogP contribution in [0.1, 0.15) is 15.2 Å². The van der Waals surface area contributed by atoms with Gasteiger partial charge in [-0.25, -0.2) is 8.78 Å². The van der Waals surface area contributed by atoms with Crippen molar-refractivity contribution in [3.63, 3.8) is 0 Å². The first kappa shape index (κ1) is 15.6. The van der Waals surface area contributed by atoms with Crippen molar-refractivity contribution in [3.05, 3.63) is 57.8 Å². The van der Waals surface area contributed by atoms with E-state index >= 15 is 0 Å². The van der Waals surface area contributed by atoms with Crippen molar-refractivity contribution in [3.8, 4) is 0 Å². The highest BCUT2D eigenvalue weighted by atomic mass is 32.1. The van der Waals surface area contributed by atoms with Gasteiger partial charge in [0.15, 0.2) is 0 Å². The lowest BCUT2D eigenvalue weighted by Gasteiger charge is -2.15. The second-order valence-corrected chi connectivity index (χ2v) is 5.62. The van der Waals surface area contributed by atoms with Gasteiger partial charge in [0.25, 0.3) is 5.91 Å². The lowest BCUT2D eigenvalue weighted by molar-refractivity contribution is 0.0944. The summed E-state index contributed by atoms with van der Waals surface area (Å²) in [6.45, 7) is -0.0239. The number of hydrogen-bond donors (Lipinski definition) is 2. The van der Waals surface area contributed by atoms with Crippen molar-refractivity contribution in [2.45, 2.75) is 6.42 Å². The van der Waals surface area contributed by atoms with Crippen LogP contribution in [0.2, 0.25) is 0 Å².